The monoisotopic (exact) mass is 336 g/mol. The van der Waals surface area contributed by atoms with Gasteiger partial charge in [0.2, 0.25) is 5.91 Å². The number of rotatable bonds is 5. The second kappa shape index (κ2) is 7.97. The predicted molar refractivity (Wildman–Crippen MR) is 98.4 cm³/mol. The van der Waals surface area contributed by atoms with Crippen LogP contribution in [0.15, 0.2) is 48.5 Å². The van der Waals surface area contributed by atoms with Crippen molar-refractivity contribution in [3.8, 4) is 0 Å². The third-order valence-corrected chi connectivity index (χ3v) is 4.66. The molecule has 4 heteroatoms. The van der Waals surface area contributed by atoms with Crippen molar-refractivity contribution in [3.63, 3.8) is 0 Å². The van der Waals surface area contributed by atoms with E-state index in [9.17, 15) is 9.59 Å². The minimum atomic E-state index is -0.143. The highest BCUT2D eigenvalue weighted by molar-refractivity contribution is 5.94. The molecule has 2 aromatic rings. The Morgan fingerprint density at radius 3 is 2.64 bits per heavy atom. The summed E-state index contributed by atoms with van der Waals surface area (Å²) in [5.41, 5.74) is 4.29. The van der Waals surface area contributed by atoms with Crippen LogP contribution < -0.4 is 10.6 Å². The van der Waals surface area contributed by atoms with Crippen molar-refractivity contribution in [1.29, 1.82) is 0 Å². The molecule has 0 aliphatic heterocycles. The normalized spacial score (nSPS) is 16.0. The summed E-state index contributed by atoms with van der Waals surface area (Å²) in [5.74, 6) is -0.165. The number of benzene rings is 2. The van der Waals surface area contributed by atoms with E-state index in [1.165, 1.54) is 11.1 Å². The van der Waals surface area contributed by atoms with Crippen molar-refractivity contribution >= 4 is 11.8 Å². The van der Waals surface area contributed by atoms with Gasteiger partial charge >= 0.3 is 0 Å². The molecular formula is C21H24N2O2. The Morgan fingerprint density at radius 2 is 1.84 bits per heavy atom. The molecular weight excluding hydrogens is 312 g/mol. The van der Waals surface area contributed by atoms with Crippen LogP contribution in [0.5, 0.6) is 0 Å². The fourth-order valence-electron chi connectivity index (χ4n) is 3.27. The van der Waals surface area contributed by atoms with E-state index in [1.807, 2.05) is 31.2 Å². The van der Waals surface area contributed by atoms with E-state index in [0.717, 1.165) is 24.8 Å². The Bertz CT molecular complexity index is 753. The molecule has 0 aromatic heterocycles. The fraction of sp³-hybridized carbons (Fsp3) is 0.333. The molecule has 0 bridgehead atoms. The van der Waals surface area contributed by atoms with E-state index in [4.69, 9.17) is 0 Å². The summed E-state index contributed by atoms with van der Waals surface area (Å²) < 4.78 is 0. The van der Waals surface area contributed by atoms with Gasteiger partial charge in [-0.1, -0.05) is 42.0 Å². The molecule has 4 nitrogen and oxygen atoms in total. The fourth-order valence-corrected chi connectivity index (χ4v) is 3.27. The zero-order valence-electron chi connectivity index (χ0n) is 14.5. The minimum Gasteiger partial charge on any atom is -0.352 e. The van der Waals surface area contributed by atoms with Gasteiger partial charge in [-0.3, -0.25) is 9.59 Å². The minimum absolute atomic E-state index is 0.0223. The molecule has 2 N–H and O–H groups in total. The number of carbonyl (C=O) groups is 2. The van der Waals surface area contributed by atoms with E-state index in [2.05, 4.69) is 22.8 Å². The number of hydrogen-bond acceptors (Lipinski definition) is 2. The first-order chi connectivity index (χ1) is 12.1. The Morgan fingerprint density at radius 1 is 1.08 bits per heavy atom. The summed E-state index contributed by atoms with van der Waals surface area (Å²) in [6.07, 6.45) is 3.43. The van der Waals surface area contributed by atoms with E-state index in [0.29, 0.717) is 12.1 Å². The molecule has 0 radical (unpaired) electrons. The molecule has 3 rings (SSSR count). The highest BCUT2D eigenvalue weighted by Gasteiger charge is 2.21. The summed E-state index contributed by atoms with van der Waals surface area (Å²) in [4.78, 5) is 24.3. The third-order valence-electron chi connectivity index (χ3n) is 4.66. The highest BCUT2D eigenvalue weighted by Crippen LogP contribution is 2.29. The van der Waals surface area contributed by atoms with Crippen LogP contribution in [0.2, 0.25) is 0 Å². The average molecular weight is 336 g/mol. The lowest BCUT2D eigenvalue weighted by Gasteiger charge is -2.26. The standard InChI is InChI=1S/C21H24N2O2/c1-15-9-11-17(12-10-15)21(25)22-14-13-20(24)23-19-8-4-6-16-5-2-3-7-18(16)19/h2-3,5,7,9-12,19H,4,6,8,13-14H2,1H3,(H,22,25)(H,23,24)/t19-/m1/s1. The Kier molecular flexibility index (Phi) is 5.49. The molecule has 130 valence electrons. The van der Waals surface area contributed by atoms with Gasteiger partial charge in [0.25, 0.3) is 5.91 Å². The van der Waals surface area contributed by atoms with Gasteiger partial charge in [0.05, 0.1) is 6.04 Å². The van der Waals surface area contributed by atoms with Crippen LogP contribution in [0, 0.1) is 6.92 Å². The van der Waals surface area contributed by atoms with Gasteiger partial charge in [-0.05, 0) is 49.4 Å². The molecule has 0 heterocycles. The Balaban J connectivity index is 1.47. The van der Waals surface area contributed by atoms with Crippen LogP contribution in [0.4, 0.5) is 0 Å². The summed E-state index contributed by atoms with van der Waals surface area (Å²) in [6.45, 7) is 2.32. The van der Waals surface area contributed by atoms with Gasteiger partial charge in [-0.2, -0.15) is 0 Å². The quantitative estimate of drug-likeness (QED) is 0.880. The van der Waals surface area contributed by atoms with Crippen molar-refractivity contribution < 1.29 is 9.59 Å². The SMILES string of the molecule is Cc1ccc(C(=O)NCCC(=O)N[C@@H]2CCCc3ccccc32)cc1. The molecule has 25 heavy (non-hydrogen) atoms. The zero-order valence-corrected chi connectivity index (χ0v) is 14.5. The zero-order chi connectivity index (χ0) is 17.6. The van der Waals surface area contributed by atoms with Crippen molar-refractivity contribution in [2.75, 3.05) is 6.54 Å². The largest absolute Gasteiger partial charge is 0.352 e. The van der Waals surface area contributed by atoms with Crippen LogP contribution >= 0.6 is 0 Å². The molecule has 0 unspecified atom stereocenters. The number of nitrogens with one attached hydrogen (secondary N) is 2. The first kappa shape index (κ1) is 17.2. The predicted octanol–water partition coefficient (Wildman–Crippen LogP) is 3.31. The first-order valence-corrected chi connectivity index (χ1v) is 8.85. The van der Waals surface area contributed by atoms with Crippen LogP contribution in [-0.4, -0.2) is 18.4 Å². The van der Waals surface area contributed by atoms with Crippen molar-refractivity contribution in [3.05, 3.63) is 70.8 Å². The smallest absolute Gasteiger partial charge is 0.251 e. The molecule has 0 saturated carbocycles. The number of carbonyl (C=O) groups excluding carboxylic acids is 2. The van der Waals surface area contributed by atoms with Gasteiger partial charge in [0, 0.05) is 18.5 Å². The van der Waals surface area contributed by atoms with Gasteiger partial charge in [-0.25, -0.2) is 0 Å². The number of fused-ring (bicyclic) bond motifs is 1. The molecule has 0 spiro atoms. The highest BCUT2D eigenvalue weighted by atomic mass is 16.2. The molecule has 0 saturated heterocycles. The van der Waals surface area contributed by atoms with Crippen molar-refractivity contribution in [2.24, 2.45) is 0 Å². The lowest BCUT2D eigenvalue weighted by molar-refractivity contribution is -0.121. The maximum atomic E-state index is 12.2. The lowest BCUT2D eigenvalue weighted by Crippen LogP contribution is -2.34. The van der Waals surface area contributed by atoms with Crippen LogP contribution in [0.3, 0.4) is 0 Å². The van der Waals surface area contributed by atoms with Crippen LogP contribution in [-0.2, 0) is 11.2 Å². The summed E-state index contributed by atoms with van der Waals surface area (Å²) in [7, 11) is 0. The maximum absolute atomic E-state index is 12.2. The second-order valence-corrected chi connectivity index (χ2v) is 6.58. The Labute approximate surface area is 148 Å². The van der Waals surface area contributed by atoms with Gasteiger partial charge in [0.1, 0.15) is 0 Å². The molecule has 2 amide bonds. The summed E-state index contributed by atoms with van der Waals surface area (Å²) >= 11 is 0. The van der Waals surface area contributed by atoms with Crippen molar-refractivity contribution in [1.82, 2.24) is 10.6 Å². The summed E-state index contributed by atoms with van der Waals surface area (Å²) in [6, 6.07) is 15.8. The van der Waals surface area contributed by atoms with Crippen molar-refractivity contribution in [2.45, 2.75) is 38.6 Å². The lowest BCUT2D eigenvalue weighted by atomic mass is 9.88. The number of aryl methyl sites for hydroxylation is 2. The third kappa shape index (κ3) is 4.47. The summed E-state index contributed by atoms with van der Waals surface area (Å²) in [5, 5.41) is 5.91. The average Bonchev–Trinajstić information content (AvgIpc) is 2.62. The van der Waals surface area contributed by atoms with Gasteiger partial charge in [0.15, 0.2) is 0 Å². The number of amides is 2. The van der Waals surface area contributed by atoms with E-state index < -0.39 is 0 Å². The van der Waals surface area contributed by atoms with E-state index in [-0.39, 0.29) is 24.3 Å². The first-order valence-electron chi connectivity index (χ1n) is 8.85. The molecule has 1 aliphatic carbocycles. The Hall–Kier alpha value is -2.62. The molecule has 1 aliphatic rings. The molecule has 0 fully saturated rings. The van der Waals surface area contributed by atoms with E-state index in [1.54, 1.807) is 12.1 Å². The van der Waals surface area contributed by atoms with E-state index >= 15 is 0 Å². The van der Waals surface area contributed by atoms with Crippen LogP contribution in [0.1, 0.15) is 52.4 Å². The molecule has 2 aromatic carbocycles. The topological polar surface area (TPSA) is 58.2 Å². The maximum Gasteiger partial charge on any atom is 0.251 e. The van der Waals surface area contributed by atoms with Gasteiger partial charge < -0.3 is 10.6 Å². The van der Waals surface area contributed by atoms with Crippen LogP contribution in [0.25, 0.3) is 0 Å². The van der Waals surface area contributed by atoms with Gasteiger partial charge in [-0.15, -0.1) is 0 Å². The molecule has 1 atom stereocenters. The second-order valence-electron chi connectivity index (χ2n) is 6.58. The number of hydrogen-bond donors (Lipinski definition) is 2.